The van der Waals surface area contributed by atoms with Crippen molar-refractivity contribution in [3.63, 3.8) is 0 Å². The molecule has 1 heterocycles. The first-order chi connectivity index (χ1) is 10.5. The minimum absolute atomic E-state index is 0.0512. The van der Waals surface area contributed by atoms with Crippen LogP contribution in [0.4, 0.5) is 11.5 Å². The van der Waals surface area contributed by atoms with Crippen molar-refractivity contribution in [1.29, 1.82) is 0 Å². The summed E-state index contributed by atoms with van der Waals surface area (Å²) in [7, 11) is 0. The minimum Gasteiger partial charge on any atom is -0.384 e. The standard InChI is InChI=1S/C18H23N3O/c1-13(2)11-19-16-8-9-17(20-12-16)21-18(22)10-15-7-5-4-6-14(15)3/h4-9,12-13,19H,10-11H2,1-3H3,(H,20,21,22). The fourth-order valence-corrected chi connectivity index (χ4v) is 2.06. The summed E-state index contributed by atoms with van der Waals surface area (Å²) in [4.78, 5) is 16.3. The topological polar surface area (TPSA) is 54.0 Å². The molecule has 2 rings (SSSR count). The summed E-state index contributed by atoms with van der Waals surface area (Å²) in [5, 5.41) is 6.13. The minimum atomic E-state index is -0.0512. The van der Waals surface area contributed by atoms with Crippen LogP contribution in [-0.2, 0) is 11.2 Å². The quantitative estimate of drug-likeness (QED) is 0.856. The Hall–Kier alpha value is -2.36. The molecule has 0 saturated heterocycles. The average molecular weight is 297 g/mol. The molecular weight excluding hydrogens is 274 g/mol. The number of nitrogens with zero attached hydrogens (tertiary/aromatic N) is 1. The molecule has 0 spiro atoms. The van der Waals surface area contributed by atoms with E-state index in [9.17, 15) is 4.79 Å². The Bertz CT molecular complexity index is 620. The molecule has 22 heavy (non-hydrogen) atoms. The van der Waals surface area contributed by atoms with Crippen LogP contribution in [0.2, 0.25) is 0 Å². The summed E-state index contributed by atoms with van der Waals surface area (Å²) in [5.74, 6) is 1.10. The van der Waals surface area contributed by atoms with Gasteiger partial charge in [0.2, 0.25) is 5.91 Å². The third-order valence-corrected chi connectivity index (χ3v) is 3.36. The van der Waals surface area contributed by atoms with Gasteiger partial charge in [0.15, 0.2) is 0 Å². The van der Waals surface area contributed by atoms with Crippen LogP contribution >= 0.6 is 0 Å². The highest BCUT2D eigenvalue weighted by Crippen LogP contribution is 2.12. The molecule has 1 aromatic carbocycles. The van der Waals surface area contributed by atoms with Crippen LogP contribution in [-0.4, -0.2) is 17.4 Å². The van der Waals surface area contributed by atoms with Gasteiger partial charge >= 0.3 is 0 Å². The van der Waals surface area contributed by atoms with Crippen LogP contribution in [0.5, 0.6) is 0 Å². The van der Waals surface area contributed by atoms with Gasteiger partial charge in [-0.2, -0.15) is 0 Å². The maximum absolute atomic E-state index is 12.1. The molecule has 0 aliphatic carbocycles. The van der Waals surface area contributed by atoms with Crippen LogP contribution in [0.25, 0.3) is 0 Å². The van der Waals surface area contributed by atoms with Crippen LogP contribution in [0.3, 0.4) is 0 Å². The lowest BCUT2D eigenvalue weighted by Crippen LogP contribution is -2.16. The summed E-state index contributed by atoms with van der Waals surface area (Å²) < 4.78 is 0. The second kappa shape index (κ2) is 7.59. The summed E-state index contributed by atoms with van der Waals surface area (Å²) >= 11 is 0. The van der Waals surface area contributed by atoms with E-state index in [1.165, 1.54) is 0 Å². The molecule has 0 bridgehead atoms. The van der Waals surface area contributed by atoms with Crippen LogP contribution < -0.4 is 10.6 Å². The van der Waals surface area contributed by atoms with Gasteiger partial charge in [0.05, 0.1) is 18.3 Å². The molecule has 116 valence electrons. The molecule has 0 radical (unpaired) electrons. The number of aryl methyl sites for hydroxylation is 1. The molecule has 0 atom stereocenters. The lowest BCUT2D eigenvalue weighted by atomic mass is 10.1. The zero-order valence-electron chi connectivity index (χ0n) is 13.4. The predicted molar refractivity (Wildman–Crippen MR) is 91.1 cm³/mol. The molecule has 4 nitrogen and oxygen atoms in total. The Kier molecular flexibility index (Phi) is 5.53. The first kappa shape index (κ1) is 16.0. The normalized spacial score (nSPS) is 10.5. The van der Waals surface area contributed by atoms with Crippen molar-refractivity contribution < 1.29 is 4.79 Å². The van der Waals surface area contributed by atoms with E-state index in [0.29, 0.717) is 18.2 Å². The van der Waals surface area contributed by atoms with Gasteiger partial charge in [0.1, 0.15) is 5.82 Å². The van der Waals surface area contributed by atoms with Gasteiger partial charge < -0.3 is 10.6 Å². The third-order valence-electron chi connectivity index (χ3n) is 3.36. The Balaban J connectivity index is 1.90. The summed E-state index contributed by atoms with van der Waals surface area (Å²) in [5.41, 5.74) is 3.12. The molecule has 4 heteroatoms. The molecule has 0 aliphatic rings. The number of amides is 1. The van der Waals surface area contributed by atoms with Gasteiger partial charge in [-0.25, -0.2) is 4.98 Å². The Morgan fingerprint density at radius 3 is 2.59 bits per heavy atom. The van der Waals surface area contributed by atoms with Crippen molar-refractivity contribution in [3.05, 3.63) is 53.7 Å². The lowest BCUT2D eigenvalue weighted by Gasteiger charge is -2.10. The number of hydrogen-bond donors (Lipinski definition) is 2. The molecule has 0 saturated carbocycles. The lowest BCUT2D eigenvalue weighted by molar-refractivity contribution is -0.115. The first-order valence-corrected chi connectivity index (χ1v) is 7.59. The number of benzene rings is 1. The molecule has 0 fully saturated rings. The molecule has 1 aromatic heterocycles. The highest BCUT2D eigenvalue weighted by Gasteiger charge is 2.06. The maximum atomic E-state index is 12.1. The van der Waals surface area contributed by atoms with Crippen LogP contribution in [0.1, 0.15) is 25.0 Å². The second-order valence-corrected chi connectivity index (χ2v) is 5.86. The Morgan fingerprint density at radius 1 is 1.18 bits per heavy atom. The fourth-order valence-electron chi connectivity index (χ4n) is 2.06. The van der Waals surface area contributed by atoms with E-state index in [4.69, 9.17) is 0 Å². The number of aromatic nitrogens is 1. The number of rotatable bonds is 6. The molecule has 1 amide bonds. The molecular formula is C18H23N3O. The van der Waals surface area contributed by atoms with E-state index in [1.807, 2.05) is 43.3 Å². The summed E-state index contributed by atoms with van der Waals surface area (Å²) in [6, 6.07) is 11.7. The van der Waals surface area contributed by atoms with E-state index in [1.54, 1.807) is 6.20 Å². The maximum Gasteiger partial charge on any atom is 0.229 e. The Morgan fingerprint density at radius 2 is 1.95 bits per heavy atom. The number of pyridine rings is 1. The molecule has 0 aliphatic heterocycles. The number of anilines is 2. The van der Waals surface area contributed by atoms with E-state index < -0.39 is 0 Å². The van der Waals surface area contributed by atoms with Gasteiger partial charge in [0.25, 0.3) is 0 Å². The third kappa shape index (κ3) is 4.88. The molecule has 0 unspecified atom stereocenters. The van der Waals surface area contributed by atoms with Crippen LogP contribution in [0, 0.1) is 12.8 Å². The number of carbonyl (C=O) groups is 1. The zero-order chi connectivity index (χ0) is 15.9. The highest BCUT2D eigenvalue weighted by molar-refractivity contribution is 5.91. The van der Waals surface area contributed by atoms with Gasteiger partial charge in [0, 0.05) is 6.54 Å². The zero-order valence-corrected chi connectivity index (χ0v) is 13.4. The molecule has 2 aromatic rings. The van der Waals surface area contributed by atoms with Gasteiger partial charge in [-0.15, -0.1) is 0 Å². The largest absolute Gasteiger partial charge is 0.384 e. The summed E-state index contributed by atoms with van der Waals surface area (Å²) in [6.07, 6.45) is 2.10. The highest BCUT2D eigenvalue weighted by atomic mass is 16.1. The van der Waals surface area contributed by atoms with Crippen molar-refractivity contribution in [2.24, 2.45) is 5.92 Å². The fraction of sp³-hybridized carbons (Fsp3) is 0.333. The molecule has 2 N–H and O–H groups in total. The smallest absolute Gasteiger partial charge is 0.229 e. The first-order valence-electron chi connectivity index (χ1n) is 7.59. The van der Waals surface area contributed by atoms with Crippen molar-refractivity contribution in [1.82, 2.24) is 4.98 Å². The van der Waals surface area contributed by atoms with Crippen molar-refractivity contribution in [2.75, 3.05) is 17.2 Å². The average Bonchev–Trinajstić information content (AvgIpc) is 2.49. The second-order valence-electron chi connectivity index (χ2n) is 5.86. The van der Waals surface area contributed by atoms with Gasteiger partial charge in [-0.3, -0.25) is 4.79 Å². The Labute approximate surface area is 132 Å². The number of nitrogens with one attached hydrogen (secondary N) is 2. The monoisotopic (exact) mass is 297 g/mol. The van der Waals surface area contributed by atoms with Crippen LogP contribution in [0.15, 0.2) is 42.6 Å². The number of carbonyl (C=O) groups excluding carboxylic acids is 1. The van der Waals surface area contributed by atoms with E-state index >= 15 is 0 Å². The van der Waals surface area contributed by atoms with Gasteiger partial charge in [-0.1, -0.05) is 38.1 Å². The summed E-state index contributed by atoms with van der Waals surface area (Å²) in [6.45, 7) is 7.22. The SMILES string of the molecule is Cc1ccccc1CC(=O)Nc1ccc(NCC(C)C)cn1. The van der Waals surface area contributed by atoms with E-state index in [2.05, 4.69) is 29.5 Å². The van der Waals surface area contributed by atoms with Crippen molar-refractivity contribution >= 4 is 17.4 Å². The van der Waals surface area contributed by atoms with Gasteiger partial charge in [-0.05, 0) is 36.1 Å². The van der Waals surface area contributed by atoms with Crippen molar-refractivity contribution in [3.8, 4) is 0 Å². The van der Waals surface area contributed by atoms with Crippen molar-refractivity contribution in [2.45, 2.75) is 27.2 Å². The van der Waals surface area contributed by atoms with E-state index in [0.717, 1.165) is 23.4 Å². The number of hydrogen-bond acceptors (Lipinski definition) is 3. The van der Waals surface area contributed by atoms with E-state index in [-0.39, 0.29) is 5.91 Å². The predicted octanol–water partition coefficient (Wildman–Crippen LogP) is 3.64.